The van der Waals surface area contributed by atoms with Gasteiger partial charge in [-0.3, -0.25) is 9.48 Å². The highest BCUT2D eigenvalue weighted by Crippen LogP contribution is 2.28. The fourth-order valence-corrected chi connectivity index (χ4v) is 4.11. The molecule has 2 aromatic carbocycles. The van der Waals surface area contributed by atoms with E-state index in [4.69, 9.17) is 0 Å². The first-order valence-corrected chi connectivity index (χ1v) is 12.1. The number of nitrogens with one attached hydrogen (secondary N) is 1. The molecule has 4 aromatic rings. The predicted molar refractivity (Wildman–Crippen MR) is 144 cm³/mol. The summed E-state index contributed by atoms with van der Waals surface area (Å²) in [5.74, 6) is -0.165. The van der Waals surface area contributed by atoms with Crippen LogP contribution in [0.25, 0.3) is 16.9 Å². The molecule has 1 amide bonds. The van der Waals surface area contributed by atoms with Crippen molar-refractivity contribution in [3.05, 3.63) is 76.7 Å². The fraction of sp³-hybridized carbons (Fsp3) is 0.357. The van der Waals surface area contributed by atoms with Crippen LogP contribution in [0.2, 0.25) is 0 Å². The van der Waals surface area contributed by atoms with Gasteiger partial charge in [0.15, 0.2) is 0 Å². The van der Waals surface area contributed by atoms with E-state index < -0.39 is 0 Å². The highest BCUT2D eigenvalue weighted by atomic mass is 16.1. The van der Waals surface area contributed by atoms with Crippen LogP contribution in [0.3, 0.4) is 0 Å². The number of carbonyl (C=O) groups excluding carboxylic acids is 1. The lowest BCUT2D eigenvalue weighted by molar-refractivity contribution is 0.102. The first-order valence-electron chi connectivity index (χ1n) is 12.1. The molecule has 0 saturated heterocycles. The number of anilines is 1. The summed E-state index contributed by atoms with van der Waals surface area (Å²) in [7, 11) is 5.98. The van der Waals surface area contributed by atoms with Crippen molar-refractivity contribution < 1.29 is 4.79 Å². The number of hydrogen-bond acceptors (Lipinski definition) is 5. The lowest BCUT2D eigenvalue weighted by Gasteiger charge is -2.22. The van der Waals surface area contributed by atoms with E-state index >= 15 is 0 Å². The molecule has 0 aliphatic rings. The van der Waals surface area contributed by atoms with Crippen molar-refractivity contribution in [3.8, 4) is 16.9 Å². The molecule has 36 heavy (non-hydrogen) atoms. The second kappa shape index (κ2) is 9.70. The predicted octanol–water partition coefficient (Wildman–Crippen LogP) is 4.90. The van der Waals surface area contributed by atoms with Crippen molar-refractivity contribution in [3.63, 3.8) is 0 Å². The average Bonchev–Trinajstić information content (AvgIpc) is 3.39. The largest absolute Gasteiger partial charge is 0.322 e. The Hall–Kier alpha value is -3.78. The van der Waals surface area contributed by atoms with Crippen LogP contribution in [0.1, 0.15) is 53.5 Å². The number of rotatable bonds is 6. The smallest absolute Gasteiger partial charge is 0.255 e. The lowest BCUT2D eigenvalue weighted by atomic mass is 9.85. The number of benzene rings is 2. The van der Waals surface area contributed by atoms with Gasteiger partial charge in [0.25, 0.3) is 5.91 Å². The van der Waals surface area contributed by atoms with Gasteiger partial charge in [0.2, 0.25) is 0 Å². The Balaban J connectivity index is 1.63. The topological polar surface area (TPSA) is 80.9 Å². The minimum atomic E-state index is -0.165. The minimum Gasteiger partial charge on any atom is -0.322 e. The molecule has 4 rings (SSSR count). The van der Waals surface area contributed by atoms with Crippen LogP contribution in [0.5, 0.6) is 0 Å². The summed E-state index contributed by atoms with van der Waals surface area (Å²) in [5.41, 5.74) is 8.14. The third-order valence-corrected chi connectivity index (χ3v) is 6.34. The highest BCUT2D eigenvalue weighted by molar-refractivity contribution is 6.04. The summed E-state index contributed by atoms with van der Waals surface area (Å²) in [4.78, 5) is 15.4. The van der Waals surface area contributed by atoms with Gasteiger partial charge in [-0.2, -0.15) is 5.10 Å². The van der Waals surface area contributed by atoms with Crippen LogP contribution in [-0.2, 0) is 19.0 Å². The molecule has 0 bridgehead atoms. The van der Waals surface area contributed by atoms with E-state index in [0.29, 0.717) is 5.56 Å². The Labute approximate surface area is 212 Å². The molecule has 8 heteroatoms. The summed E-state index contributed by atoms with van der Waals surface area (Å²) < 4.78 is 3.52. The first kappa shape index (κ1) is 25.3. The highest BCUT2D eigenvalue weighted by Gasteiger charge is 2.18. The van der Waals surface area contributed by atoms with Gasteiger partial charge in [-0.25, -0.2) is 4.68 Å². The van der Waals surface area contributed by atoms with E-state index in [1.54, 1.807) is 10.9 Å². The monoisotopic (exact) mass is 485 g/mol. The Morgan fingerprint density at radius 3 is 2.47 bits per heavy atom. The second-order valence-electron chi connectivity index (χ2n) is 10.7. The number of nitrogens with zero attached hydrogens (tertiary/aromatic N) is 6. The number of aryl methyl sites for hydroxylation is 2. The Morgan fingerprint density at radius 2 is 1.83 bits per heavy atom. The molecule has 2 aromatic heterocycles. The van der Waals surface area contributed by atoms with Crippen molar-refractivity contribution in [1.82, 2.24) is 29.7 Å². The Bertz CT molecular complexity index is 1410. The van der Waals surface area contributed by atoms with E-state index in [2.05, 4.69) is 58.5 Å². The SMILES string of the molecule is Cc1ccc(C(=O)Nc2cc(CN(C)C)cc(C(C)(C)C)c2)cc1-n1cc(-c2cnn(C)c2C)nn1. The van der Waals surface area contributed by atoms with Crippen LogP contribution < -0.4 is 5.32 Å². The van der Waals surface area contributed by atoms with Gasteiger partial charge in [-0.15, -0.1) is 5.10 Å². The molecule has 0 spiro atoms. The summed E-state index contributed by atoms with van der Waals surface area (Å²) in [6, 6.07) is 11.9. The van der Waals surface area contributed by atoms with E-state index in [9.17, 15) is 4.79 Å². The summed E-state index contributed by atoms with van der Waals surface area (Å²) in [6.07, 6.45) is 3.66. The maximum Gasteiger partial charge on any atom is 0.255 e. The van der Waals surface area contributed by atoms with Gasteiger partial charge in [0, 0.05) is 36.1 Å². The zero-order valence-electron chi connectivity index (χ0n) is 22.4. The van der Waals surface area contributed by atoms with Gasteiger partial charge in [-0.05, 0) is 74.3 Å². The zero-order valence-corrected chi connectivity index (χ0v) is 22.4. The van der Waals surface area contributed by atoms with Crippen LogP contribution in [-0.4, -0.2) is 49.7 Å². The van der Waals surface area contributed by atoms with Crippen molar-refractivity contribution in [1.29, 1.82) is 0 Å². The number of aromatic nitrogens is 5. The van der Waals surface area contributed by atoms with Crippen molar-refractivity contribution in [2.45, 2.75) is 46.6 Å². The molecule has 0 fully saturated rings. The number of amides is 1. The van der Waals surface area contributed by atoms with Gasteiger partial charge in [0.1, 0.15) is 5.69 Å². The molecule has 8 nitrogen and oxygen atoms in total. The maximum absolute atomic E-state index is 13.3. The van der Waals surface area contributed by atoms with Crippen LogP contribution in [0.15, 0.2) is 48.8 Å². The van der Waals surface area contributed by atoms with Gasteiger partial charge < -0.3 is 10.2 Å². The molecule has 0 atom stereocenters. The molecule has 0 saturated carbocycles. The Morgan fingerprint density at radius 1 is 1.08 bits per heavy atom. The second-order valence-corrected chi connectivity index (χ2v) is 10.7. The van der Waals surface area contributed by atoms with E-state index in [0.717, 1.165) is 46.0 Å². The van der Waals surface area contributed by atoms with Gasteiger partial charge in [-0.1, -0.05) is 38.1 Å². The fourth-order valence-electron chi connectivity index (χ4n) is 4.11. The Kier molecular flexibility index (Phi) is 6.82. The molecule has 188 valence electrons. The summed E-state index contributed by atoms with van der Waals surface area (Å²) in [6.45, 7) is 11.3. The standard InChI is InChI=1S/C28H35N7O/c1-18-9-10-21(13-26(18)35-17-25(31-32-35)24-15-29-34(8)19(24)2)27(36)30-23-12-20(16-33(6)7)11-22(14-23)28(3,4)5/h9-15,17H,16H2,1-8H3,(H,30,36). The first-order chi connectivity index (χ1) is 16.9. The zero-order chi connectivity index (χ0) is 26.2. The van der Waals surface area contributed by atoms with Crippen LogP contribution in [0, 0.1) is 13.8 Å². The van der Waals surface area contributed by atoms with Crippen molar-refractivity contribution >= 4 is 11.6 Å². The molecular weight excluding hydrogens is 450 g/mol. The van der Waals surface area contributed by atoms with Crippen LogP contribution >= 0.6 is 0 Å². The number of hydrogen-bond donors (Lipinski definition) is 1. The molecule has 0 unspecified atom stereocenters. The van der Waals surface area contributed by atoms with Crippen molar-refractivity contribution in [2.75, 3.05) is 19.4 Å². The third-order valence-electron chi connectivity index (χ3n) is 6.34. The van der Waals surface area contributed by atoms with Gasteiger partial charge >= 0.3 is 0 Å². The maximum atomic E-state index is 13.3. The van der Waals surface area contributed by atoms with Crippen LogP contribution in [0.4, 0.5) is 5.69 Å². The number of carbonyl (C=O) groups is 1. The molecular formula is C28H35N7O. The van der Waals surface area contributed by atoms with Crippen molar-refractivity contribution in [2.24, 2.45) is 7.05 Å². The summed E-state index contributed by atoms with van der Waals surface area (Å²) >= 11 is 0. The van der Waals surface area contributed by atoms with E-state index in [-0.39, 0.29) is 11.3 Å². The van der Waals surface area contributed by atoms with E-state index in [1.807, 2.05) is 70.1 Å². The normalized spacial score (nSPS) is 11.8. The lowest BCUT2D eigenvalue weighted by Crippen LogP contribution is -2.17. The quantitative estimate of drug-likeness (QED) is 0.420. The molecule has 0 aliphatic heterocycles. The average molecular weight is 486 g/mol. The molecule has 1 N–H and O–H groups in total. The molecule has 0 aliphatic carbocycles. The van der Waals surface area contributed by atoms with E-state index in [1.165, 1.54) is 5.56 Å². The molecule has 2 heterocycles. The third kappa shape index (κ3) is 5.39. The minimum absolute atomic E-state index is 0.0315. The van der Waals surface area contributed by atoms with Gasteiger partial charge in [0.05, 0.1) is 18.1 Å². The molecule has 0 radical (unpaired) electrons. The summed E-state index contributed by atoms with van der Waals surface area (Å²) in [5, 5.41) is 16.1.